The van der Waals surface area contributed by atoms with Gasteiger partial charge in [0.1, 0.15) is 0 Å². The van der Waals surface area contributed by atoms with E-state index in [4.69, 9.17) is 0 Å². The number of hydrogen-bond acceptors (Lipinski definition) is 3. The Morgan fingerprint density at radius 2 is 1.91 bits per heavy atom. The molecule has 1 fully saturated rings. The average Bonchev–Trinajstić information content (AvgIpc) is 3.23. The molecule has 6 heteroatoms. The molecule has 0 bridgehead atoms. The Bertz CT molecular complexity index is 643. The first-order chi connectivity index (χ1) is 10.8. The molecule has 1 saturated heterocycles. The van der Waals surface area contributed by atoms with Crippen LogP contribution in [0, 0.1) is 0 Å². The summed E-state index contributed by atoms with van der Waals surface area (Å²) in [6, 6.07) is 12.7. The van der Waals surface area contributed by atoms with Crippen LogP contribution in [0.5, 0.6) is 0 Å². The molecule has 1 aromatic heterocycles. The van der Waals surface area contributed by atoms with Crippen molar-refractivity contribution in [1.29, 1.82) is 0 Å². The van der Waals surface area contributed by atoms with Crippen molar-refractivity contribution >= 4 is 23.3 Å². The lowest BCUT2D eigenvalue weighted by Crippen LogP contribution is -2.48. The Kier molecular flexibility index (Phi) is 4.39. The van der Waals surface area contributed by atoms with E-state index in [-0.39, 0.29) is 18.0 Å². The van der Waals surface area contributed by atoms with Gasteiger partial charge in [-0.1, -0.05) is 24.3 Å². The average molecular weight is 315 g/mol. The van der Waals surface area contributed by atoms with Gasteiger partial charge in [0.2, 0.25) is 0 Å². The lowest BCUT2D eigenvalue weighted by Gasteiger charge is -2.24. The summed E-state index contributed by atoms with van der Waals surface area (Å²) in [4.78, 5) is 27.2. The zero-order valence-electron chi connectivity index (χ0n) is 12.0. The van der Waals surface area contributed by atoms with E-state index in [1.165, 1.54) is 4.88 Å². The van der Waals surface area contributed by atoms with Crippen molar-refractivity contribution in [2.75, 3.05) is 6.54 Å². The summed E-state index contributed by atoms with van der Waals surface area (Å²) in [7, 11) is 0. The van der Waals surface area contributed by atoms with Crippen LogP contribution in [0.1, 0.15) is 34.1 Å². The molecule has 0 radical (unpaired) electrons. The number of rotatable bonds is 2. The second kappa shape index (κ2) is 6.62. The van der Waals surface area contributed by atoms with E-state index in [1.54, 1.807) is 40.5 Å². The van der Waals surface area contributed by atoms with Crippen molar-refractivity contribution in [3.63, 3.8) is 0 Å². The molecule has 3 rings (SSSR count). The zero-order chi connectivity index (χ0) is 15.4. The van der Waals surface area contributed by atoms with Gasteiger partial charge in [-0.15, -0.1) is 11.3 Å². The van der Waals surface area contributed by atoms with E-state index in [2.05, 4.69) is 10.9 Å². The molecule has 1 atom stereocenters. The van der Waals surface area contributed by atoms with Gasteiger partial charge in [-0.2, -0.15) is 0 Å². The van der Waals surface area contributed by atoms with E-state index >= 15 is 0 Å². The molecule has 2 N–H and O–H groups in total. The van der Waals surface area contributed by atoms with Gasteiger partial charge in [0.15, 0.2) is 0 Å². The SMILES string of the molecule is O=C(NNC(=O)N1CCCC1c1cccs1)c1ccccc1. The van der Waals surface area contributed by atoms with Crippen molar-refractivity contribution in [1.82, 2.24) is 15.8 Å². The first-order valence-corrected chi connectivity index (χ1v) is 8.09. The van der Waals surface area contributed by atoms with E-state index < -0.39 is 0 Å². The molecule has 2 aromatic rings. The Morgan fingerprint density at radius 1 is 1.09 bits per heavy atom. The maximum absolute atomic E-state index is 12.3. The highest BCUT2D eigenvalue weighted by molar-refractivity contribution is 7.10. The van der Waals surface area contributed by atoms with E-state index in [0.717, 1.165) is 12.8 Å². The number of nitrogens with one attached hydrogen (secondary N) is 2. The van der Waals surface area contributed by atoms with Crippen LogP contribution in [0.4, 0.5) is 4.79 Å². The highest BCUT2D eigenvalue weighted by atomic mass is 32.1. The molecule has 1 aromatic carbocycles. The number of carbonyl (C=O) groups excluding carboxylic acids is 2. The first-order valence-electron chi connectivity index (χ1n) is 7.21. The quantitative estimate of drug-likeness (QED) is 0.837. The van der Waals surface area contributed by atoms with Gasteiger partial charge in [0.25, 0.3) is 5.91 Å². The summed E-state index contributed by atoms with van der Waals surface area (Å²) in [6.45, 7) is 0.704. The molecule has 5 nitrogen and oxygen atoms in total. The maximum Gasteiger partial charge on any atom is 0.336 e. The van der Waals surface area contributed by atoms with Crippen molar-refractivity contribution < 1.29 is 9.59 Å². The number of hydrazine groups is 1. The molecule has 1 unspecified atom stereocenters. The van der Waals surface area contributed by atoms with Crippen LogP contribution >= 0.6 is 11.3 Å². The van der Waals surface area contributed by atoms with Gasteiger partial charge in [0, 0.05) is 17.0 Å². The fraction of sp³-hybridized carbons (Fsp3) is 0.250. The number of amides is 3. The summed E-state index contributed by atoms with van der Waals surface area (Å²) in [6.07, 6.45) is 1.93. The summed E-state index contributed by atoms with van der Waals surface area (Å²) in [5, 5.41) is 2.01. The van der Waals surface area contributed by atoms with Crippen molar-refractivity contribution in [3.05, 3.63) is 58.3 Å². The minimum absolute atomic E-state index is 0.105. The number of urea groups is 1. The lowest BCUT2D eigenvalue weighted by molar-refractivity contribution is 0.0929. The summed E-state index contributed by atoms with van der Waals surface area (Å²) in [5.74, 6) is -0.319. The third-order valence-corrected chi connectivity index (χ3v) is 4.68. The van der Waals surface area contributed by atoms with Gasteiger partial charge in [-0.3, -0.25) is 10.2 Å². The van der Waals surface area contributed by atoms with Crippen LogP contribution < -0.4 is 10.9 Å². The molecule has 114 valence electrons. The Morgan fingerprint density at radius 3 is 2.64 bits per heavy atom. The molecule has 1 aliphatic rings. The maximum atomic E-state index is 12.3. The van der Waals surface area contributed by atoms with Crippen LogP contribution in [0.2, 0.25) is 0 Å². The van der Waals surface area contributed by atoms with Crippen molar-refractivity contribution in [2.45, 2.75) is 18.9 Å². The first kappa shape index (κ1) is 14.6. The molecule has 3 amide bonds. The molecular formula is C16H17N3O2S. The number of nitrogens with zero attached hydrogens (tertiary/aromatic N) is 1. The lowest BCUT2D eigenvalue weighted by atomic mass is 10.2. The second-order valence-electron chi connectivity index (χ2n) is 5.12. The Hall–Kier alpha value is -2.34. The largest absolute Gasteiger partial charge is 0.336 e. The molecule has 0 saturated carbocycles. The van der Waals surface area contributed by atoms with Crippen LogP contribution in [-0.2, 0) is 0 Å². The van der Waals surface area contributed by atoms with E-state index in [1.807, 2.05) is 23.6 Å². The summed E-state index contributed by atoms with van der Waals surface area (Å²) < 4.78 is 0. The van der Waals surface area contributed by atoms with Crippen LogP contribution in [0.3, 0.4) is 0 Å². The van der Waals surface area contributed by atoms with Crippen LogP contribution in [0.15, 0.2) is 47.8 Å². The number of hydrogen-bond donors (Lipinski definition) is 2. The van der Waals surface area contributed by atoms with Crippen molar-refractivity contribution in [3.8, 4) is 0 Å². The van der Waals surface area contributed by atoms with Crippen LogP contribution in [-0.4, -0.2) is 23.4 Å². The predicted molar refractivity (Wildman–Crippen MR) is 85.4 cm³/mol. The van der Waals surface area contributed by atoms with Gasteiger partial charge < -0.3 is 4.90 Å². The van der Waals surface area contributed by atoms with Crippen LogP contribution in [0.25, 0.3) is 0 Å². The molecule has 22 heavy (non-hydrogen) atoms. The second-order valence-corrected chi connectivity index (χ2v) is 6.10. The fourth-order valence-electron chi connectivity index (χ4n) is 2.63. The highest BCUT2D eigenvalue weighted by Gasteiger charge is 2.30. The Labute approximate surface area is 132 Å². The molecule has 0 aliphatic carbocycles. The number of benzene rings is 1. The third-order valence-electron chi connectivity index (χ3n) is 3.70. The minimum Gasteiger partial charge on any atom is -0.316 e. The summed E-state index contributed by atoms with van der Waals surface area (Å²) >= 11 is 1.65. The normalized spacial score (nSPS) is 17.3. The van der Waals surface area contributed by atoms with Gasteiger partial charge >= 0.3 is 6.03 Å². The summed E-state index contributed by atoms with van der Waals surface area (Å²) in [5.41, 5.74) is 5.48. The minimum atomic E-state index is -0.319. The smallest absolute Gasteiger partial charge is 0.316 e. The Balaban J connectivity index is 1.59. The number of carbonyl (C=O) groups is 2. The standard InChI is InChI=1S/C16H17N3O2S/c20-15(12-6-2-1-3-7-12)17-18-16(21)19-10-4-8-13(19)14-9-5-11-22-14/h1-3,5-7,9,11,13H,4,8,10H2,(H,17,20)(H,18,21). The third kappa shape index (κ3) is 3.12. The topological polar surface area (TPSA) is 61.4 Å². The van der Waals surface area contributed by atoms with Gasteiger partial charge in [-0.25, -0.2) is 10.2 Å². The highest BCUT2D eigenvalue weighted by Crippen LogP contribution is 2.34. The van der Waals surface area contributed by atoms with E-state index in [9.17, 15) is 9.59 Å². The molecule has 2 heterocycles. The van der Waals surface area contributed by atoms with Gasteiger partial charge in [0.05, 0.1) is 6.04 Å². The number of likely N-dealkylation sites (tertiary alicyclic amines) is 1. The van der Waals surface area contributed by atoms with Gasteiger partial charge in [-0.05, 0) is 36.4 Å². The predicted octanol–water partition coefficient (Wildman–Crippen LogP) is 2.94. The fourth-order valence-corrected chi connectivity index (χ4v) is 3.50. The number of thiophene rings is 1. The molecule has 0 spiro atoms. The molecule has 1 aliphatic heterocycles. The zero-order valence-corrected chi connectivity index (χ0v) is 12.8. The van der Waals surface area contributed by atoms with Crippen molar-refractivity contribution in [2.24, 2.45) is 0 Å². The molecular weight excluding hydrogens is 298 g/mol. The monoisotopic (exact) mass is 315 g/mol. The van der Waals surface area contributed by atoms with E-state index in [0.29, 0.717) is 12.1 Å².